The number of anilines is 1. The smallest absolute Gasteiger partial charge is 0.240 e. The largest absolute Gasteiger partial charge is 0.506 e. The van der Waals surface area contributed by atoms with Gasteiger partial charge in [-0.05, 0) is 36.4 Å². The van der Waals surface area contributed by atoms with E-state index in [1.54, 1.807) is 43.4 Å². The molecule has 1 heterocycles. The van der Waals surface area contributed by atoms with Crippen LogP contribution in [0.15, 0.2) is 66.7 Å². The van der Waals surface area contributed by atoms with Gasteiger partial charge in [0.25, 0.3) is 0 Å². The molecular formula is C24H16ClN2O2+. The fraction of sp³-hybridized carbons (Fsp3) is 0.0417. The molecule has 29 heavy (non-hydrogen) atoms. The van der Waals surface area contributed by atoms with Crippen LogP contribution in [0.4, 0.5) is 10.5 Å². The van der Waals surface area contributed by atoms with Gasteiger partial charge in [-0.3, -0.25) is 0 Å². The highest BCUT2D eigenvalue weighted by Crippen LogP contribution is 2.29. The Hall–Kier alpha value is -3.68. The molecule has 0 radical (unpaired) electrons. The maximum absolute atomic E-state index is 13.0. The van der Waals surface area contributed by atoms with Crippen molar-refractivity contribution in [2.75, 3.05) is 11.9 Å². The molecule has 0 atom stereocenters. The van der Waals surface area contributed by atoms with Crippen LogP contribution in [0.25, 0.3) is 6.58 Å². The van der Waals surface area contributed by atoms with Gasteiger partial charge in [0.2, 0.25) is 0 Å². The van der Waals surface area contributed by atoms with E-state index in [0.717, 1.165) is 10.5 Å². The lowest BCUT2D eigenvalue weighted by Gasteiger charge is -2.19. The molecule has 1 aliphatic heterocycles. The van der Waals surface area contributed by atoms with E-state index in [9.17, 15) is 9.59 Å². The number of carbonyl (C=O) groups excluding carboxylic acids is 2. The molecule has 0 N–H and O–H groups in total. The Labute approximate surface area is 173 Å². The average Bonchev–Trinajstić information content (AvgIpc) is 2.72. The van der Waals surface area contributed by atoms with Crippen LogP contribution in [0, 0.1) is 11.8 Å². The SMILES string of the molecule is C=c1cccc2c1=[N+](C)C(=O)N(c1ccc(C#Cc3ccccc3)cc1Cl)C2=O. The third-order valence-electron chi connectivity index (χ3n) is 4.68. The quantitative estimate of drug-likeness (QED) is 0.466. The predicted octanol–water partition coefficient (Wildman–Crippen LogP) is 3.05. The van der Waals surface area contributed by atoms with Crippen molar-refractivity contribution in [3.8, 4) is 11.8 Å². The highest BCUT2D eigenvalue weighted by atomic mass is 35.5. The van der Waals surface area contributed by atoms with Crippen LogP contribution >= 0.6 is 11.6 Å². The Morgan fingerprint density at radius 2 is 1.66 bits per heavy atom. The molecule has 0 unspecified atom stereocenters. The Balaban J connectivity index is 1.75. The zero-order valence-electron chi connectivity index (χ0n) is 15.6. The first-order chi connectivity index (χ1) is 14.0. The molecule has 3 aromatic rings. The lowest BCUT2D eigenvalue weighted by atomic mass is 10.1. The first-order valence-electron chi connectivity index (χ1n) is 8.91. The predicted molar refractivity (Wildman–Crippen MR) is 114 cm³/mol. The summed E-state index contributed by atoms with van der Waals surface area (Å²) in [5, 5.41) is 1.40. The summed E-state index contributed by atoms with van der Waals surface area (Å²) in [6, 6.07) is 19.3. The Morgan fingerprint density at radius 3 is 2.38 bits per heavy atom. The van der Waals surface area contributed by atoms with Crippen molar-refractivity contribution in [2.24, 2.45) is 0 Å². The molecule has 0 saturated carbocycles. The summed E-state index contributed by atoms with van der Waals surface area (Å²) < 4.78 is 1.42. The lowest BCUT2D eigenvalue weighted by Crippen LogP contribution is -2.57. The van der Waals surface area contributed by atoms with Crippen molar-refractivity contribution < 1.29 is 9.59 Å². The number of imide groups is 1. The molecule has 0 aromatic heterocycles. The standard InChI is InChI=1S/C24H16ClN2O2/c1-16-7-6-10-19-22(16)26(2)24(29)27(23(19)28)21-14-13-18(15-20(21)25)12-11-17-8-4-3-5-9-17/h3-10,13-15H,1H2,2H3/q+1. The average molecular weight is 400 g/mol. The number of hydrogen-bond acceptors (Lipinski definition) is 2. The number of urea groups is 1. The number of para-hydroxylation sites is 1. The molecule has 0 bridgehead atoms. The summed E-state index contributed by atoms with van der Waals surface area (Å²) in [5.74, 6) is 5.67. The second kappa shape index (κ2) is 7.38. The van der Waals surface area contributed by atoms with Gasteiger partial charge in [-0.15, -0.1) is 4.90 Å². The fourth-order valence-corrected chi connectivity index (χ4v) is 3.52. The van der Waals surface area contributed by atoms with E-state index in [2.05, 4.69) is 18.4 Å². The second-order valence-electron chi connectivity index (χ2n) is 6.58. The fourth-order valence-electron chi connectivity index (χ4n) is 3.26. The Morgan fingerprint density at radius 1 is 0.931 bits per heavy atom. The molecule has 0 spiro atoms. The minimum Gasteiger partial charge on any atom is -0.240 e. The van der Waals surface area contributed by atoms with Crippen LogP contribution in [0.1, 0.15) is 21.5 Å². The van der Waals surface area contributed by atoms with Crippen LogP contribution in [0.5, 0.6) is 0 Å². The highest BCUT2D eigenvalue weighted by molar-refractivity contribution is 6.36. The first kappa shape index (κ1) is 18.7. The summed E-state index contributed by atoms with van der Waals surface area (Å²) in [6.45, 7) is 3.92. The maximum Gasteiger partial charge on any atom is 0.506 e. The lowest BCUT2D eigenvalue weighted by molar-refractivity contribution is 0.0986. The molecule has 140 valence electrons. The molecule has 5 heteroatoms. The number of hydrogen-bond donors (Lipinski definition) is 0. The van der Waals surface area contributed by atoms with E-state index >= 15 is 0 Å². The third-order valence-corrected chi connectivity index (χ3v) is 4.98. The van der Waals surface area contributed by atoms with Crippen LogP contribution in [0.2, 0.25) is 5.02 Å². The van der Waals surface area contributed by atoms with Crippen molar-refractivity contribution >= 4 is 35.8 Å². The van der Waals surface area contributed by atoms with E-state index in [1.165, 1.54) is 4.58 Å². The van der Waals surface area contributed by atoms with Crippen molar-refractivity contribution in [1.29, 1.82) is 0 Å². The number of amides is 3. The molecule has 3 aromatic carbocycles. The zero-order chi connectivity index (χ0) is 20.5. The van der Waals surface area contributed by atoms with Gasteiger partial charge in [-0.1, -0.05) is 60.4 Å². The van der Waals surface area contributed by atoms with Crippen molar-refractivity contribution in [3.05, 3.63) is 99.0 Å². The Bertz CT molecular complexity index is 1330. The monoisotopic (exact) mass is 399 g/mol. The maximum atomic E-state index is 13.0. The van der Waals surface area contributed by atoms with E-state index in [1.807, 2.05) is 30.3 Å². The van der Waals surface area contributed by atoms with E-state index < -0.39 is 11.9 Å². The molecule has 3 amide bonds. The van der Waals surface area contributed by atoms with Gasteiger partial charge in [-0.25, -0.2) is 4.79 Å². The zero-order valence-corrected chi connectivity index (χ0v) is 16.4. The van der Waals surface area contributed by atoms with E-state index in [4.69, 9.17) is 11.6 Å². The molecule has 0 aliphatic carbocycles. The van der Waals surface area contributed by atoms with E-state index in [0.29, 0.717) is 27.4 Å². The van der Waals surface area contributed by atoms with Crippen molar-refractivity contribution in [3.63, 3.8) is 0 Å². The highest BCUT2D eigenvalue weighted by Gasteiger charge is 2.41. The van der Waals surface area contributed by atoms with Gasteiger partial charge >= 0.3 is 11.9 Å². The molecule has 1 aliphatic rings. The number of fused-ring (bicyclic) bond motifs is 1. The summed E-state index contributed by atoms with van der Waals surface area (Å²) in [6.07, 6.45) is 0. The number of benzene rings is 3. The van der Waals surface area contributed by atoms with Crippen molar-refractivity contribution in [1.82, 2.24) is 4.58 Å². The topological polar surface area (TPSA) is 40.4 Å². The van der Waals surface area contributed by atoms with Crippen LogP contribution < -0.4 is 20.1 Å². The normalized spacial score (nSPS) is 13.0. The van der Waals surface area contributed by atoms with E-state index in [-0.39, 0.29) is 5.02 Å². The van der Waals surface area contributed by atoms with Crippen LogP contribution in [-0.4, -0.2) is 19.0 Å². The molecule has 4 nitrogen and oxygen atoms in total. The van der Waals surface area contributed by atoms with Gasteiger partial charge < -0.3 is 0 Å². The van der Waals surface area contributed by atoms with Crippen molar-refractivity contribution in [2.45, 2.75) is 0 Å². The molecular weight excluding hydrogens is 384 g/mol. The van der Waals surface area contributed by atoms with Crippen LogP contribution in [0.3, 0.4) is 0 Å². The summed E-state index contributed by atoms with van der Waals surface area (Å²) in [7, 11) is 1.61. The van der Waals surface area contributed by atoms with Crippen LogP contribution in [-0.2, 0) is 0 Å². The summed E-state index contributed by atoms with van der Waals surface area (Å²) in [5.41, 5.74) is 2.30. The molecule has 0 fully saturated rings. The minimum atomic E-state index is -0.483. The minimum absolute atomic E-state index is 0.272. The van der Waals surface area contributed by atoms with Gasteiger partial charge in [0.05, 0.1) is 12.1 Å². The number of halogens is 1. The Kier molecular flexibility index (Phi) is 4.75. The number of rotatable bonds is 1. The molecule has 0 saturated heterocycles. The number of carbonyl (C=O) groups is 2. The summed E-state index contributed by atoms with van der Waals surface area (Å²) >= 11 is 6.44. The molecule has 4 rings (SSSR count). The second-order valence-corrected chi connectivity index (χ2v) is 6.98. The third kappa shape index (κ3) is 3.33. The van der Waals surface area contributed by atoms with Gasteiger partial charge in [0.1, 0.15) is 5.56 Å². The summed E-state index contributed by atoms with van der Waals surface area (Å²) in [4.78, 5) is 27.0. The van der Waals surface area contributed by atoms with Gasteiger partial charge in [0, 0.05) is 16.3 Å². The first-order valence-corrected chi connectivity index (χ1v) is 9.29. The van der Waals surface area contributed by atoms with Gasteiger partial charge in [-0.2, -0.15) is 9.37 Å². The van der Waals surface area contributed by atoms with Gasteiger partial charge in [0.15, 0.2) is 11.0 Å². The number of nitrogens with zero attached hydrogens (tertiary/aromatic N) is 2.